The molecule has 39 heavy (non-hydrogen) atoms. The number of quaternary nitrogens is 1. The average molecular weight is 579 g/mol. The molecule has 0 spiro atoms. The van der Waals surface area contributed by atoms with Crippen LogP contribution >= 0.6 is 7.82 Å². The third-order valence-electron chi connectivity index (χ3n) is 6.21. The zero-order chi connectivity index (χ0) is 29.4. The van der Waals surface area contributed by atoms with Gasteiger partial charge in [-0.25, -0.2) is 4.57 Å². The number of hydrogen-bond donors (Lipinski definition) is 1. The quantitative estimate of drug-likeness (QED) is 0.0376. The maximum Gasteiger partial charge on any atom is 0.472 e. The molecule has 0 radical (unpaired) electrons. The first kappa shape index (κ1) is 37.8. The van der Waals surface area contributed by atoms with Gasteiger partial charge in [-0.3, -0.25) is 18.6 Å². The Morgan fingerprint density at radius 2 is 1.36 bits per heavy atom. The van der Waals surface area contributed by atoms with E-state index in [0.29, 0.717) is 17.4 Å². The number of allylic oxidation sites excluding steroid dienone is 1. The van der Waals surface area contributed by atoms with Crippen LogP contribution in [-0.2, 0) is 32.7 Å². The maximum absolute atomic E-state index is 12.2. The van der Waals surface area contributed by atoms with Gasteiger partial charge in [0, 0.05) is 12.8 Å². The van der Waals surface area contributed by atoms with Crippen LogP contribution in [0.15, 0.2) is 12.7 Å². The highest BCUT2D eigenvalue weighted by atomic mass is 31.2. The summed E-state index contributed by atoms with van der Waals surface area (Å²) in [4.78, 5) is 34.2. The van der Waals surface area contributed by atoms with E-state index in [1.54, 1.807) is 6.08 Å². The highest BCUT2D eigenvalue weighted by Gasteiger charge is 2.26. The first-order chi connectivity index (χ1) is 18.5. The van der Waals surface area contributed by atoms with E-state index < -0.39 is 32.5 Å². The molecule has 1 N–H and O–H groups in total. The van der Waals surface area contributed by atoms with E-state index in [9.17, 15) is 19.0 Å². The fraction of sp³-hybridized carbons (Fsp3) is 0.862. The van der Waals surface area contributed by atoms with Crippen molar-refractivity contribution in [2.45, 2.75) is 116 Å². The highest BCUT2D eigenvalue weighted by Crippen LogP contribution is 2.43. The lowest BCUT2D eigenvalue weighted by molar-refractivity contribution is -0.870. The Morgan fingerprint density at radius 1 is 0.821 bits per heavy atom. The summed E-state index contributed by atoms with van der Waals surface area (Å²) in [6.07, 6.45) is 17.3. The Hall–Kier alpha value is -1.25. The number of unbranched alkanes of at least 4 members (excludes halogenated alkanes) is 12. The van der Waals surface area contributed by atoms with Crippen LogP contribution in [0.5, 0.6) is 0 Å². The third kappa shape index (κ3) is 26.7. The molecule has 0 saturated carbocycles. The van der Waals surface area contributed by atoms with Crippen LogP contribution in [0.25, 0.3) is 0 Å². The van der Waals surface area contributed by atoms with E-state index in [4.69, 9.17) is 18.5 Å². The van der Waals surface area contributed by atoms with Crippen molar-refractivity contribution in [2.24, 2.45) is 0 Å². The molecule has 0 fully saturated rings. The second-order valence-corrected chi connectivity index (χ2v) is 12.7. The molecule has 10 heteroatoms. The van der Waals surface area contributed by atoms with E-state index in [0.717, 1.165) is 19.3 Å². The van der Waals surface area contributed by atoms with Crippen LogP contribution in [0, 0.1) is 0 Å². The van der Waals surface area contributed by atoms with Gasteiger partial charge in [0.1, 0.15) is 19.8 Å². The van der Waals surface area contributed by atoms with E-state index >= 15 is 0 Å². The van der Waals surface area contributed by atoms with Gasteiger partial charge in [0.15, 0.2) is 6.10 Å². The lowest BCUT2D eigenvalue weighted by atomic mass is 10.0. The molecule has 0 heterocycles. The topological polar surface area (TPSA) is 108 Å². The van der Waals surface area contributed by atoms with Crippen LogP contribution in [0.1, 0.15) is 110 Å². The molecule has 0 saturated heterocycles. The summed E-state index contributed by atoms with van der Waals surface area (Å²) in [5.41, 5.74) is 0. The molecule has 9 nitrogen and oxygen atoms in total. The summed E-state index contributed by atoms with van der Waals surface area (Å²) in [5, 5.41) is 0. The number of carbonyl (C=O) groups is 2. The summed E-state index contributed by atoms with van der Waals surface area (Å²) in [6, 6.07) is 0. The number of phosphoric acid groups is 1. The summed E-state index contributed by atoms with van der Waals surface area (Å²) in [6.45, 7) is 5.66. The molecule has 0 aromatic rings. The molecule has 0 aromatic carbocycles. The predicted octanol–water partition coefficient (Wildman–Crippen LogP) is 6.73. The summed E-state index contributed by atoms with van der Waals surface area (Å²) >= 11 is 0. The van der Waals surface area contributed by atoms with Crippen LogP contribution in [-0.4, -0.2) is 74.9 Å². The van der Waals surface area contributed by atoms with E-state index in [1.807, 2.05) is 21.1 Å². The second kappa shape index (κ2) is 23.5. The fourth-order valence-electron chi connectivity index (χ4n) is 3.77. The Morgan fingerprint density at radius 3 is 1.87 bits per heavy atom. The minimum Gasteiger partial charge on any atom is -0.462 e. The Balaban J connectivity index is 4.22. The minimum atomic E-state index is -4.35. The molecular weight excluding hydrogens is 521 g/mol. The van der Waals surface area contributed by atoms with Gasteiger partial charge < -0.3 is 18.9 Å². The Labute approximate surface area is 237 Å². The zero-order valence-corrected chi connectivity index (χ0v) is 26.1. The third-order valence-corrected chi connectivity index (χ3v) is 7.19. The van der Waals surface area contributed by atoms with Crippen LogP contribution in [0.3, 0.4) is 0 Å². The molecule has 0 aliphatic rings. The van der Waals surface area contributed by atoms with E-state index in [2.05, 4.69) is 13.5 Å². The Bertz CT molecular complexity index is 695. The average Bonchev–Trinajstić information content (AvgIpc) is 2.86. The fourth-order valence-corrected chi connectivity index (χ4v) is 4.51. The standard InChI is InChI=1S/C29H56NO8P/c1-6-8-10-11-12-13-14-15-16-17-18-19-20-22-28(31)35-25-27(38-29(32)21-9-7-2)26-37-39(33,34)36-24-23-30(3,4)5/h7,27H,2,6,8-26H2,1,3-5H3/p+1/t27-/m1/s1. The lowest BCUT2D eigenvalue weighted by Gasteiger charge is -2.24. The van der Waals surface area contributed by atoms with Crippen molar-refractivity contribution in [2.75, 3.05) is 47.5 Å². The van der Waals surface area contributed by atoms with Gasteiger partial charge in [0.2, 0.25) is 0 Å². The number of hydrogen-bond acceptors (Lipinski definition) is 7. The molecule has 0 bridgehead atoms. The number of phosphoric ester groups is 1. The first-order valence-electron chi connectivity index (χ1n) is 14.9. The van der Waals surface area contributed by atoms with Crippen molar-refractivity contribution in [3.63, 3.8) is 0 Å². The van der Waals surface area contributed by atoms with Crippen LogP contribution in [0.4, 0.5) is 0 Å². The van der Waals surface area contributed by atoms with Crippen molar-refractivity contribution in [1.29, 1.82) is 0 Å². The monoisotopic (exact) mass is 578 g/mol. The van der Waals surface area contributed by atoms with Crippen molar-refractivity contribution >= 4 is 19.8 Å². The largest absolute Gasteiger partial charge is 0.472 e. The van der Waals surface area contributed by atoms with Gasteiger partial charge in [-0.05, 0) is 12.8 Å². The molecule has 0 aliphatic carbocycles. The van der Waals surface area contributed by atoms with Gasteiger partial charge in [0.25, 0.3) is 0 Å². The Kier molecular flexibility index (Phi) is 22.7. The van der Waals surface area contributed by atoms with Gasteiger partial charge in [-0.2, -0.15) is 0 Å². The minimum absolute atomic E-state index is 0.0230. The maximum atomic E-state index is 12.2. The molecular formula is C29H57NO8P+. The van der Waals surface area contributed by atoms with Crippen molar-refractivity contribution in [1.82, 2.24) is 0 Å². The smallest absolute Gasteiger partial charge is 0.462 e. The molecule has 1 unspecified atom stereocenters. The summed E-state index contributed by atoms with van der Waals surface area (Å²) in [7, 11) is 1.44. The summed E-state index contributed by atoms with van der Waals surface area (Å²) in [5.74, 6) is -0.925. The zero-order valence-electron chi connectivity index (χ0n) is 25.2. The predicted molar refractivity (Wildman–Crippen MR) is 155 cm³/mol. The van der Waals surface area contributed by atoms with E-state index in [1.165, 1.54) is 64.2 Å². The number of ether oxygens (including phenoxy) is 2. The van der Waals surface area contributed by atoms with Gasteiger partial charge >= 0.3 is 19.8 Å². The number of nitrogens with zero attached hydrogens (tertiary/aromatic N) is 1. The molecule has 2 atom stereocenters. The molecule has 0 rings (SSSR count). The van der Waals surface area contributed by atoms with Crippen molar-refractivity contribution in [3.8, 4) is 0 Å². The number of rotatable bonds is 27. The second-order valence-electron chi connectivity index (χ2n) is 11.2. The highest BCUT2D eigenvalue weighted by molar-refractivity contribution is 7.47. The molecule has 0 amide bonds. The van der Waals surface area contributed by atoms with Gasteiger partial charge in [0.05, 0.1) is 27.7 Å². The van der Waals surface area contributed by atoms with Gasteiger partial charge in [-0.1, -0.05) is 90.0 Å². The van der Waals surface area contributed by atoms with Gasteiger partial charge in [-0.15, -0.1) is 6.58 Å². The number of carbonyl (C=O) groups excluding carboxylic acids is 2. The summed E-state index contributed by atoms with van der Waals surface area (Å²) < 4.78 is 33.3. The first-order valence-corrected chi connectivity index (χ1v) is 16.4. The van der Waals surface area contributed by atoms with Crippen molar-refractivity contribution < 1.29 is 42.1 Å². The van der Waals surface area contributed by atoms with Crippen molar-refractivity contribution in [3.05, 3.63) is 12.7 Å². The SMILES string of the molecule is C=CCCC(=O)O[C@H](COC(=O)CCCCCCCCCCCCCCC)COP(=O)(O)OCC[N+](C)(C)C. The normalized spacial score (nSPS) is 14.0. The van der Waals surface area contributed by atoms with Crippen LogP contribution < -0.4 is 0 Å². The number of esters is 2. The number of likely N-dealkylation sites (N-methyl/N-ethyl adjacent to an activating group) is 1. The lowest BCUT2D eigenvalue weighted by Crippen LogP contribution is -2.37. The van der Waals surface area contributed by atoms with Crippen LogP contribution in [0.2, 0.25) is 0 Å². The molecule has 230 valence electrons. The van der Waals surface area contributed by atoms with E-state index in [-0.39, 0.29) is 26.1 Å². The molecule has 0 aromatic heterocycles. The molecule has 0 aliphatic heterocycles.